The Morgan fingerprint density at radius 2 is 2.25 bits per heavy atom. The predicted octanol–water partition coefficient (Wildman–Crippen LogP) is -0.0166. The minimum atomic E-state index is 0.0124. The Labute approximate surface area is 73.5 Å². The second-order valence-electron chi connectivity index (χ2n) is 3.43. The standard InChI is InChI=1S/C8H16N4/c1-11(2)12-4-3-7(6-9)5-8(12)10/h7-8H,3-5,10H2,1-2H3. The zero-order chi connectivity index (χ0) is 9.14. The second-order valence-corrected chi connectivity index (χ2v) is 3.43. The molecule has 0 radical (unpaired) electrons. The molecule has 0 aliphatic carbocycles. The van der Waals surface area contributed by atoms with Crippen LogP contribution in [0.4, 0.5) is 0 Å². The maximum atomic E-state index is 8.70. The topological polar surface area (TPSA) is 56.3 Å². The van der Waals surface area contributed by atoms with Crippen LogP contribution in [0.5, 0.6) is 0 Å². The van der Waals surface area contributed by atoms with Gasteiger partial charge in [0.05, 0.1) is 18.2 Å². The lowest BCUT2D eigenvalue weighted by atomic mass is 9.97. The fourth-order valence-corrected chi connectivity index (χ4v) is 1.60. The molecule has 4 heteroatoms. The Bertz CT molecular complexity index is 184. The molecule has 0 spiro atoms. The van der Waals surface area contributed by atoms with Crippen molar-refractivity contribution in [3.05, 3.63) is 0 Å². The van der Waals surface area contributed by atoms with Crippen molar-refractivity contribution in [1.29, 1.82) is 5.26 Å². The third-order valence-electron chi connectivity index (χ3n) is 2.31. The van der Waals surface area contributed by atoms with Crippen molar-refractivity contribution in [2.45, 2.75) is 19.0 Å². The largest absolute Gasteiger partial charge is 0.315 e. The predicted molar refractivity (Wildman–Crippen MR) is 46.7 cm³/mol. The van der Waals surface area contributed by atoms with Crippen LogP contribution in [0.3, 0.4) is 0 Å². The molecule has 2 unspecified atom stereocenters. The average Bonchev–Trinajstić information content (AvgIpc) is 2.03. The van der Waals surface area contributed by atoms with Crippen LogP contribution >= 0.6 is 0 Å². The van der Waals surface area contributed by atoms with Crippen molar-refractivity contribution < 1.29 is 0 Å². The van der Waals surface area contributed by atoms with Crippen molar-refractivity contribution in [1.82, 2.24) is 10.0 Å². The van der Waals surface area contributed by atoms with Crippen LogP contribution in [-0.2, 0) is 0 Å². The molecule has 1 aliphatic rings. The molecule has 0 aromatic heterocycles. The average molecular weight is 168 g/mol. The van der Waals surface area contributed by atoms with Gasteiger partial charge in [0.15, 0.2) is 0 Å². The molecule has 1 aliphatic heterocycles. The molecule has 12 heavy (non-hydrogen) atoms. The van der Waals surface area contributed by atoms with Gasteiger partial charge in [0.1, 0.15) is 0 Å². The van der Waals surface area contributed by atoms with Gasteiger partial charge < -0.3 is 5.73 Å². The quantitative estimate of drug-likeness (QED) is 0.598. The Morgan fingerprint density at radius 1 is 1.58 bits per heavy atom. The number of nitrogens with two attached hydrogens (primary N) is 1. The molecule has 0 aromatic carbocycles. The first-order chi connectivity index (χ1) is 5.65. The lowest BCUT2D eigenvalue weighted by molar-refractivity contribution is -0.0449. The minimum Gasteiger partial charge on any atom is -0.315 e. The van der Waals surface area contributed by atoms with Gasteiger partial charge >= 0.3 is 0 Å². The molecular weight excluding hydrogens is 152 g/mol. The number of piperidine rings is 1. The first-order valence-corrected chi connectivity index (χ1v) is 4.24. The van der Waals surface area contributed by atoms with Gasteiger partial charge in [-0.1, -0.05) is 0 Å². The molecular formula is C8H16N4. The normalized spacial score (nSPS) is 31.9. The number of nitrogens with zero attached hydrogens (tertiary/aromatic N) is 3. The molecule has 4 nitrogen and oxygen atoms in total. The first-order valence-electron chi connectivity index (χ1n) is 4.24. The van der Waals surface area contributed by atoms with Gasteiger partial charge in [-0.3, -0.25) is 0 Å². The van der Waals surface area contributed by atoms with Crippen LogP contribution < -0.4 is 5.73 Å². The highest BCUT2D eigenvalue weighted by Gasteiger charge is 2.26. The number of hydrogen-bond acceptors (Lipinski definition) is 4. The summed E-state index contributed by atoms with van der Waals surface area (Å²) in [5.41, 5.74) is 5.88. The van der Waals surface area contributed by atoms with Gasteiger partial charge in [-0.2, -0.15) is 5.26 Å². The van der Waals surface area contributed by atoms with Crippen LogP contribution in [0, 0.1) is 17.2 Å². The number of rotatable bonds is 1. The number of hydrazine groups is 1. The zero-order valence-corrected chi connectivity index (χ0v) is 7.70. The van der Waals surface area contributed by atoms with E-state index in [0.29, 0.717) is 0 Å². The molecule has 1 heterocycles. The van der Waals surface area contributed by atoms with E-state index >= 15 is 0 Å². The Balaban J connectivity index is 2.49. The van der Waals surface area contributed by atoms with Crippen LogP contribution in [0.15, 0.2) is 0 Å². The third kappa shape index (κ3) is 1.95. The molecule has 0 bridgehead atoms. The lowest BCUT2D eigenvalue weighted by Gasteiger charge is -2.39. The van der Waals surface area contributed by atoms with Crippen LogP contribution in [0.25, 0.3) is 0 Å². The SMILES string of the molecule is CN(C)N1CCC(C#N)CC1N. The summed E-state index contributed by atoms with van der Waals surface area (Å²) >= 11 is 0. The maximum Gasteiger partial charge on any atom is 0.0722 e. The second kappa shape index (κ2) is 3.85. The van der Waals surface area contributed by atoms with E-state index in [4.69, 9.17) is 11.0 Å². The summed E-state index contributed by atoms with van der Waals surface area (Å²) < 4.78 is 0. The van der Waals surface area contributed by atoms with Crippen LogP contribution in [-0.4, -0.2) is 36.8 Å². The molecule has 1 saturated heterocycles. The highest BCUT2D eigenvalue weighted by atomic mass is 15.6. The zero-order valence-electron chi connectivity index (χ0n) is 7.70. The fraction of sp³-hybridized carbons (Fsp3) is 0.875. The highest BCUT2D eigenvalue weighted by Crippen LogP contribution is 2.19. The molecule has 0 amide bonds. The molecule has 2 atom stereocenters. The smallest absolute Gasteiger partial charge is 0.0722 e. The summed E-state index contributed by atoms with van der Waals surface area (Å²) in [5.74, 6) is 0.149. The molecule has 1 rings (SSSR count). The Kier molecular flexibility index (Phi) is 3.04. The van der Waals surface area contributed by atoms with Gasteiger partial charge in [0, 0.05) is 20.6 Å². The molecule has 1 fully saturated rings. The van der Waals surface area contributed by atoms with Crippen LogP contribution in [0.1, 0.15) is 12.8 Å². The van der Waals surface area contributed by atoms with Crippen molar-refractivity contribution in [3.63, 3.8) is 0 Å². The maximum absolute atomic E-state index is 8.70. The lowest BCUT2D eigenvalue weighted by Crippen LogP contribution is -2.53. The number of nitriles is 1. The van der Waals surface area contributed by atoms with E-state index in [1.807, 2.05) is 19.1 Å². The summed E-state index contributed by atoms with van der Waals surface area (Å²) in [7, 11) is 3.96. The monoisotopic (exact) mass is 168 g/mol. The van der Waals surface area contributed by atoms with Crippen molar-refractivity contribution >= 4 is 0 Å². The summed E-state index contributed by atoms with van der Waals surface area (Å²) in [6.45, 7) is 0.895. The van der Waals surface area contributed by atoms with Crippen molar-refractivity contribution in [3.8, 4) is 6.07 Å². The molecule has 0 aromatic rings. The fourth-order valence-electron chi connectivity index (χ4n) is 1.60. The summed E-state index contributed by atoms with van der Waals surface area (Å²) in [6, 6.07) is 2.27. The van der Waals surface area contributed by atoms with Gasteiger partial charge in [-0.15, -0.1) is 0 Å². The molecule has 68 valence electrons. The van der Waals surface area contributed by atoms with E-state index in [0.717, 1.165) is 19.4 Å². The first kappa shape index (κ1) is 9.46. The Hall–Kier alpha value is -0.630. The number of hydrogen-bond donors (Lipinski definition) is 1. The van der Waals surface area contributed by atoms with E-state index in [1.165, 1.54) is 0 Å². The van der Waals surface area contributed by atoms with Gasteiger partial charge in [0.25, 0.3) is 0 Å². The van der Waals surface area contributed by atoms with E-state index in [1.54, 1.807) is 0 Å². The van der Waals surface area contributed by atoms with Gasteiger partial charge in [-0.05, 0) is 12.8 Å². The van der Waals surface area contributed by atoms with Crippen molar-refractivity contribution in [2.24, 2.45) is 11.7 Å². The van der Waals surface area contributed by atoms with Gasteiger partial charge in [-0.25, -0.2) is 10.0 Å². The summed E-state index contributed by atoms with van der Waals surface area (Å²) in [6.07, 6.45) is 1.73. The molecule has 0 saturated carbocycles. The van der Waals surface area contributed by atoms with Crippen LogP contribution in [0.2, 0.25) is 0 Å². The van der Waals surface area contributed by atoms with Gasteiger partial charge in [0.2, 0.25) is 0 Å². The van der Waals surface area contributed by atoms with E-state index in [-0.39, 0.29) is 12.1 Å². The third-order valence-corrected chi connectivity index (χ3v) is 2.31. The van der Waals surface area contributed by atoms with E-state index in [2.05, 4.69) is 11.1 Å². The van der Waals surface area contributed by atoms with Crippen molar-refractivity contribution in [2.75, 3.05) is 20.6 Å². The summed E-state index contributed by atoms with van der Waals surface area (Å²) in [5, 5.41) is 12.8. The molecule has 2 N–H and O–H groups in total. The van der Waals surface area contributed by atoms with E-state index in [9.17, 15) is 0 Å². The van der Waals surface area contributed by atoms with E-state index < -0.39 is 0 Å². The summed E-state index contributed by atoms with van der Waals surface area (Å²) in [4.78, 5) is 0. The highest BCUT2D eigenvalue weighted by molar-refractivity contribution is 4.89. The Morgan fingerprint density at radius 3 is 2.67 bits per heavy atom. The minimum absolute atomic E-state index is 0.0124.